The number of nitrogens with zero attached hydrogens (tertiary/aromatic N) is 2. The highest BCUT2D eigenvalue weighted by atomic mass is 16.5. The molecule has 5 rings (SSSR count). The van der Waals surface area contributed by atoms with Gasteiger partial charge in [0.15, 0.2) is 0 Å². The van der Waals surface area contributed by atoms with Crippen LogP contribution in [-0.2, 0) is 0 Å². The number of aromatic nitrogens is 1. The molecule has 0 radical (unpaired) electrons. The van der Waals surface area contributed by atoms with Crippen LogP contribution in [0.5, 0.6) is 5.75 Å². The first-order chi connectivity index (χ1) is 11.2. The van der Waals surface area contributed by atoms with Crippen molar-refractivity contribution in [1.29, 1.82) is 0 Å². The maximum Gasteiger partial charge on any atom is 0.119 e. The molecule has 3 saturated heterocycles. The van der Waals surface area contributed by atoms with Gasteiger partial charge in [-0.05, 0) is 61.2 Å². The molecule has 0 aliphatic carbocycles. The second kappa shape index (κ2) is 5.95. The summed E-state index contributed by atoms with van der Waals surface area (Å²) in [6, 6.07) is 12.0. The number of ether oxygens (including phenoxy) is 1. The zero-order valence-corrected chi connectivity index (χ0v) is 13.2. The van der Waals surface area contributed by atoms with E-state index in [1.807, 2.05) is 42.6 Å². The molecule has 1 unspecified atom stereocenters. The third kappa shape index (κ3) is 2.96. The van der Waals surface area contributed by atoms with Crippen molar-refractivity contribution in [2.75, 3.05) is 26.2 Å². The SMILES string of the molecule is OC1(COc2ccc(-c3cccnc3)cc2)CN2CCC1CC2. The molecule has 2 bridgehead atoms. The molecule has 1 aromatic heterocycles. The minimum absolute atomic E-state index is 0.375. The predicted molar refractivity (Wildman–Crippen MR) is 89.3 cm³/mol. The molecule has 1 N–H and O–H groups in total. The van der Waals surface area contributed by atoms with Gasteiger partial charge in [0.1, 0.15) is 18.0 Å². The van der Waals surface area contributed by atoms with Crippen molar-refractivity contribution < 1.29 is 9.84 Å². The Bertz CT molecular complexity index is 651. The smallest absolute Gasteiger partial charge is 0.119 e. The van der Waals surface area contributed by atoms with Crippen molar-refractivity contribution in [3.05, 3.63) is 48.8 Å². The molecule has 4 nitrogen and oxygen atoms in total. The second-order valence-electron chi connectivity index (χ2n) is 6.71. The lowest BCUT2D eigenvalue weighted by Gasteiger charge is -2.50. The van der Waals surface area contributed by atoms with Gasteiger partial charge in [-0.25, -0.2) is 0 Å². The summed E-state index contributed by atoms with van der Waals surface area (Å²) in [6.45, 7) is 3.35. The van der Waals surface area contributed by atoms with Crippen LogP contribution in [0.15, 0.2) is 48.8 Å². The number of fused-ring (bicyclic) bond motifs is 3. The summed E-state index contributed by atoms with van der Waals surface area (Å²) < 4.78 is 5.90. The Morgan fingerprint density at radius 3 is 2.52 bits per heavy atom. The molecule has 3 aliphatic rings. The average molecular weight is 310 g/mol. The molecular formula is C19H22N2O2. The summed E-state index contributed by atoms with van der Waals surface area (Å²) in [5.41, 5.74) is 1.51. The van der Waals surface area contributed by atoms with E-state index in [9.17, 15) is 5.11 Å². The fourth-order valence-corrected chi connectivity index (χ4v) is 3.79. The quantitative estimate of drug-likeness (QED) is 0.943. The van der Waals surface area contributed by atoms with Gasteiger partial charge in [-0.15, -0.1) is 0 Å². The molecular weight excluding hydrogens is 288 g/mol. The van der Waals surface area contributed by atoms with Crippen LogP contribution in [0.4, 0.5) is 0 Å². The molecule has 3 fully saturated rings. The van der Waals surface area contributed by atoms with E-state index in [2.05, 4.69) is 9.88 Å². The third-order valence-electron chi connectivity index (χ3n) is 5.18. The first kappa shape index (κ1) is 14.7. The number of rotatable bonds is 4. The van der Waals surface area contributed by atoms with E-state index in [0.717, 1.165) is 49.4 Å². The minimum atomic E-state index is -0.696. The lowest BCUT2D eigenvalue weighted by molar-refractivity contribution is -0.131. The minimum Gasteiger partial charge on any atom is -0.491 e. The molecule has 1 atom stereocenters. The fourth-order valence-electron chi connectivity index (χ4n) is 3.79. The van der Waals surface area contributed by atoms with Gasteiger partial charge in [-0.1, -0.05) is 18.2 Å². The lowest BCUT2D eigenvalue weighted by atomic mass is 9.76. The molecule has 0 amide bonds. The van der Waals surface area contributed by atoms with Crippen LogP contribution in [0.25, 0.3) is 11.1 Å². The summed E-state index contributed by atoms with van der Waals surface area (Å²) in [4.78, 5) is 6.49. The van der Waals surface area contributed by atoms with E-state index in [1.165, 1.54) is 0 Å². The van der Waals surface area contributed by atoms with E-state index in [4.69, 9.17) is 4.74 Å². The average Bonchev–Trinajstić information content (AvgIpc) is 2.62. The van der Waals surface area contributed by atoms with E-state index in [0.29, 0.717) is 12.5 Å². The highest BCUT2D eigenvalue weighted by molar-refractivity contribution is 5.62. The Balaban J connectivity index is 1.42. The van der Waals surface area contributed by atoms with Crippen molar-refractivity contribution in [3.63, 3.8) is 0 Å². The van der Waals surface area contributed by atoms with Gasteiger partial charge in [0, 0.05) is 18.9 Å². The molecule has 0 saturated carbocycles. The summed E-state index contributed by atoms with van der Waals surface area (Å²) in [6.07, 6.45) is 5.79. The molecule has 0 spiro atoms. The Morgan fingerprint density at radius 2 is 1.91 bits per heavy atom. The van der Waals surface area contributed by atoms with E-state index in [-0.39, 0.29) is 0 Å². The maximum absolute atomic E-state index is 10.9. The van der Waals surface area contributed by atoms with Crippen LogP contribution in [0.3, 0.4) is 0 Å². The Labute approximate surface area is 136 Å². The second-order valence-corrected chi connectivity index (χ2v) is 6.71. The van der Waals surface area contributed by atoms with Crippen molar-refractivity contribution in [1.82, 2.24) is 9.88 Å². The van der Waals surface area contributed by atoms with Crippen LogP contribution in [0, 0.1) is 5.92 Å². The number of benzene rings is 1. The van der Waals surface area contributed by atoms with Gasteiger partial charge < -0.3 is 14.7 Å². The van der Waals surface area contributed by atoms with Crippen LogP contribution >= 0.6 is 0 Å². The summed E-state index contributed by atoms with van der Waals surface area (Å²) in [5, 5.41) is 10.9. The van der Waals surface area contributed by atoms with Crippen LogP contribution in [-0.4, -0.2) is 46.8 Å². The Kier molecular flexibility index (Phi) is 3.79. The van der Waals surface area contributed by atoms with Crippen molar-refractivity contribution in [2.45, 2.75) is 18.4 Å². The van der Waals surface area contributed by atoms with Crippen LogP contribution in [0.2, 0.25) is 0 Å². The lowest BCUT2D eigenvalue weighted by Crippen LogP contribution is -2.61. The van der Waals surface area contributed by atoms with E-state index in [1.54, 1.807) is 6.20 Å². The van der Waals surface area contributed by atoms with E-state index < -0.39 is 5.60 Å². The van der Waals surface area contributed by atoms with Crippen molar-refractivity contribution in [3.8, 4) is 16.9 Å². The molecule has 1 aromatic carbocycles. The number of hydrogen-bond acceptors (Lipinski definition) is 4. The molecule has 23 heavy (non-hydrogen) atoms. The Morgan fingerprint density at radius 1 is 1.13 bits per heavy atom. The first-order valence-electron chi connectivity index (χ1n) is 8.31. The highest BCUT2D eigenvalue weighted by Gasteiger charge is 2.45. The number of pyridine rings is 1. The van der Waals surface area contributed by atoms with Gasteiger partial charge in [-0.3, -0.25) is 4.98 Å². The molecule has 4 heteroatoms. The van der Waals surface area contributed by atoms with Gasteiger partial charge in [0.25, 0.3) is 0 Å². The molecule has 2 aromatic rings. The van der Waals surface area contributed by atoms with Gasteiger partial charge >= 0.3 is 0 Å². The predicted octanol–water partition coefficient (Wildman–Crippen LogP) is 2.58. The third-order valence-corrected chi connectivity index (χ3v) is 5.18. The number of hydrogen-bond donors (Lipinski definition) is 1. The maximum atomic E-state index is 10.9. The standard InChI is InChI=1S/C19H22N2O2/c22-19(13-21-10-7-17(19)8-11-21)14-23-18-5-3-15(4-6-18)16-2-1-9-20-12-16/h1-6,9,12,17,22H,7-8,10-11,13-14H2. The molecule has 3 aliphatic heterocycles. The van der Waals surface area contributed by atoms with Gasteiger partial charge in [0.2, 0.25) is 0 Å². The van der Waals surface area contributed by atoms with Crippen LogP contribution in [0.1, 0.15) is 12.8 Å². The zero-order chi connectivity index (χ0) is 15.7. The normalized spacial score (nSPS) is 29.4. The number of aliphatic hydroxyl groups is 1. The highest BCUT2D eigenvalue weighted by Crippen LogP contribution is 2.36. The van der Waals surface area contributed by atoms with Gasteiger partial charge in [0.05, 0.1) is 0 Å². The summed E-state index contributed by atoms with van der Waals surface area (Å²) >= 11 is 0. The molecule has 4 heterocycles. The largest absolute Gasteiger partial charge is 0.491 e. The first-order valence-corrected chi connectivity index (χ1v) is 8.31. The topological polar surface area (TPSA) is 45.6 Å². The summed E-state index contributed by atoms with van der Waals surface area (Å²) in [7, 11) is 0. The van der Waals surface area contributed by atoms with Gasteiger partial charge in [-0.2, -0.15) is 0 Å². The monoisotopic (exact) mass is 310 g/mol. The molecule has 120 valence electrons. The summed E-state index contributed by atoms with van der Waals surface area (Å²) in [5.74, 6) is 1.18. The fraction of sp³-hybridized carbons (Fsp3) is 0.421. The zero-order valence-electron chi connectivity index (χ0n) is 13.2. The Hall–Kier alpha value is -1.91. The van der Waals surface area contributed by atoms with Crippen LogP contribution < -0.4 is 4.74 Å². The number of piperidine rings is 3. The van der Waals surface area contributed by atoms with Crippen molar-refractivity contribution >= 4 is 0 Å². The van der Waals surface area contributed by atoms with Crippen molar-refractivity contribution in [2.24, 2.45) is 5.92 Å². The van der Waals surface area contributed by atoms with E-state index >= 15 is 0 Å².